The number of nitrogens with one attached hydrogen (secondary N) is 1. The van der Waals surface area contributed by atoms with Crippen LogP contribution in [-0.4, -0.2) is 82.0 Å². The van der Waals surface area contributed by atoms with Crippen molar-refractivity contribution in [2.75, 3.05) is 49.5 Å². The van der Waals surface area contributed by atoms with Gasteiger partial charge in [0.1, 0.15) is 11.4 Å². The second-order valence-corrected chi connectivity index (χ2v) is 10.2. The topological polar surface area (TPSA) is 137 Å². The third-order valence-electron chi connectivity index (χ3n) is 6.36. The molecule has 1 aromatic heterocycles. The normalized spacial score (nSPS) is 17.7. The Labute approximate surface area is 211 Å². The van der Waals surface area contributed by atoms with E-state index in [0.29, 0.717) is 56.8 Å². The molecule has 2 aromatic rings. The van der Waals surface area contributed by atoms with Gasteiger partial charge in [-0.05, 0) is 57.2 Å². The highest BCUT2D eigenvalue weighted by molar-refractivity contribution is 5.96. The maximum Gasteiger partial charge on any atom is 0.410 e. The number of carbonyl (C=O) groups is 2. The molecule has 0 radical (unpaired) electrons. The van der Waals surface area contributed by atoms with E-state index in [0.717, 1.165) is 18.5 Å². The van der Waals surface area contributed by atoms with Gasteiger partial charge < -0.3 is 30.8 Å². The lowest BCUT2D eigenvalue weighted by Crippen LogP contribution is -2.45. The molecular formula is C25H35N7O4. The lowest BCUT2D eigenvalue weighted by molar-refractivity contribution is -0.0936. The molecule has 0 spiro atoms. The number of primary amides is 1. The van der Waals surface area contributed by atoms with Gasteiger partial charge in [0, 0.05) is 45.0 Å². The zero-order valence-corrected chi connectivity index (χ0v) is 21.1. The van der Waals surface area contributed by atoms with Crippen molar-refractivity contribution in [1.82, 2.24) is 19.9 Å². The second kappa shape index (κ2) is 10.7. The average Bonchev–Trinajstić information content (AvgIpc) is 2.84. The Kier molecular flexibility index (Phi) is 7.60. The van der Waals surface area contributed by atoms with Crippen molar-refractivity contribution < 1.29 is 19.5 Å². The molecule has 4 rings (SSSR count). The van der Waals surface area contributed by atoms with Crippen molar-refractivity contribution in [3.63, 3.8) is 0 Å². The first-order valence-corrected chi connectivity index (χ1v) is 12.3. The molecule has 0 bridgehead atoms. The highest BCUT2D eigenvalue weighted by atomic mass is 16.6. The Morgan fingerprint density at radius 1 is 1.06 bits per heavy atom. The van der Waals surface area contributed by atoms with Crippen LogP contribution in [0.15, 0.2) is 30.5 Å². The first-order valence-electron chi connectivity index (χ1n) is 12.3. The van der Waals surface area contributed by atoms with Crippen LogP contribution in [0.5, 0.6) is 0 Å². The van der Waals surface area contributed by atoms with Crippen LogP contribution >= 0.6 is 0 Å². The molecule has 2 saturated heterocycles. The number of piperidine rings is 1. The van der Waals surface area contributed by atoms with Gasteiger partial charge in [0.05, 0.1) is 6.20 Å². The first kappa shape index (κ1) is 25.6. The molecule has 194 valence electrons. The summed E-state index contributed by atoms with van der Waals surface area (Å²) in [6.45, 7) is 9.14. The second-order valence-electron chi connectivity index (χ2n) is 10.2. The van der Waals surface area contributed by atoms with Crippen molar-refractivity contribution in [2.45, 2.75) is 45.1 Å². The smallest absolute Gasteiger partial charge is 0.410 e. The van der Waals surface area contributed by atoms with E-state index < -0.39 is 11.5 Å². The summed E-state index contributed by atoms with van der Waals surface area (Å²) in [5.41, 5.74) is 7.06. The van der Waals surface area contributed by atoms with Gasteiger partial charge in [-0.1, -0.05) is 12.1 Å². The number of nitrogens with two attached hydrogens (primary N) is 1. The molecular weight excluding hydrogens is 462 g/mol. The molecule has 11 nitrogen and oxygen atoms in total. The van der Waals surface area contributed by atoms with E-state index >= 15 is 0 Å². The summed E-state index contributed by atoms with van der Waals surface area (Å²) < 4.78 is 5.49. The Morgan fingerprint density at radius 3 is 2.28 bits per heavy atom. The number of rotatable bonds is 5. The third kappa shape index (κ3) is 6.41. The number of benzene rings is 1. The highest BCUT2D eigenvalue weighted by Crippen LogP contribution is 2.30. The van der Waals surface area contributed by atoms with Gasteiger partial charge in [-0.3, -0.25) is 4.79 Å². The average molecular weight is 498 g/mol. The Balaban J connectivity index is 1.40. The number of nitrogens with zero attached hydrogens (tertiary/aromatic N) is 5. The largest absolute Gasteiger partial charge is 0.444 e. The van der Waals surface area contributed by atoms with E-state index in [2.05, 4.69) is 27.4 Å². The number of aromatic nitrogens is 2. The van der Waals surface area contributed by atoms with Crippen molar-refractivity contribution in [1.29, 1.82) is 0 Å². The minimum absolute atomic E-state index is 0.0677. The summed E-state index contributed by atoms with van der Waals surface area (Å²) in [4.78, 5) is 36.9. The summed E-state index contributed by atoms with van der Waals surface area (Å²) in [5.74, 6) is 0.603. The molecule has 1 aromatic carbocycles. The van der Waals surface area contributed by atoms with Crippen molar-refractivity contribution in [3.05, 3.63) is 41.7 Å². The fraction of sp³-hybridized carbons (Fsp3) is 0.520. The van der Waals surface area contributed by atoms with Crippen molar-refractivity contribution in [2.24, 2.45) is 5.73 Å². The molecule has 11 heteroatoms. The van der Waals surface area contributed by atoms with Crippen LogP contribution in [0.1, 0.15) is 55.6 Å². The molecule has 2 amide bonds. The fourth-order valence-electron chi connectivity index (χ4n) is 4.42. The number of ether oxygens (including phenoxy) is 1. The quantitative estimate of drug-likeness (QED) is 0.569. The number of hydroxylamine groups is 2. The minimum Gasteiger partial charge on any atom is -0.444 e. The maximum absolute atomic E-state index is 12.3. The molecule has 0 atom stereocenters. The number of piperazine rings is 1. The van der Waals surface area contributed by atoms with Crippen LogP contribution in [0.4, 0.5) is 22.1 Å². The van der Waals surface area contributed by atoms with Gasteiger partial charge in [0.25, 0.3) is 5.91 Å². The van der Waals surface area contributed by atoms with Gasteiger partial charge in [0.15, 0.2) is 11.5 Å². The Bertz CT molecular complexity index is 1070. The van der Waals surface area contributed by atoms with Gasteiger partial charge in [0.2, 0.25) is 0 Å². The molecule has 2 fully saturated rings. The van der Waals surface area contributed by atoms with Crippen LogP contribution < -0.4 is 16.0 Å². The predicted octanol–water partition coefficient (Wildman–Crippen LogP) is 2.94. The number of likely N-dealkylation sites (tertiary alicyclic amines) is 1. The number of hydrogen-bond acceptors (Lipinski definition) is 9. The van der Waals surface area contributed by atoms with E-state index in [1.54, 1.807) is 4.90 Å². The first-order chi connectivity index (χ1) is 17.1. The van der Waals surface area contributed by atoms with E-state index in [-0.39, 0.29) is 11.8 Å². The molecule has 0 saturated carbocycles. The van der Waals surface area contributed by atoms with Gasteiger partial charge in [-0.15, -0.1) is 0 Å². The van der Waals surface area contributed by atoms with Crippen LogP contribution in [0, 0.1) is 0 Å². The maximum atomic E-state index is 12.3. The standard InChI is InChI=1S/C25H35N7O4/c1-25(2,3)36-24(34)31-10-8-18(9-11-31)17-4-6-19(7-5-17)28-23-21(22(26)33)27-16-20(29-23)30-12-14-32(35)15-13-30/h4-7,16,18,35H,8-15H2,1-3H3,(H2,26,33)(H,28,29). The molecule has 0 unspecified atom stereocenters. The predicted molar refractivity (Wildman–Crippen MR) is 136 cm³/mol. The summed E-state index contributed by atoms with van der Waals surface area (Å²) in [5, 5.41) is 14.1. The van der Waals surface area contributed by atoms with Crippen LogP contribution in [0.3, 0.4) is 0 Å². The van der Waals surface area contributed by atoms with Crippen molar-refractivity contribution >= 4 is 29.3 Å². The fourth-order valence-corrected chi connectivity index (χ4v) is 4.42. The highest BCUT2D eigenvalue weighted by Gasteiger charge is 2.27. The number of amides is 2. The van der Waals surface area contributed by atoms with E-state index in [1.165, 1.54) is 16.8 Å². The summed E-state index contributed by atoms with van der Waals surface area (Å²) in [6.07, 6.45) is 3.01. The van der Waals surface area contributed by atoms with E-state index in [4.69, 9.17) is 10.5 Å². The molecule has 3 heterocycles. The molecule has 36 heavy (non-hydrogen) atoms. The van der Waals surface area contributed by atoms with Crippen LogP contribution in [-0.2, 0) is 4.74 Å². The lowest BCUT2D eigenvalue weighted by atomic mass is 9.89. The van der Waals surface area contributed by atoms with Crippen LogP contribution in [0.25, 0.3) is 0 Å². The molecule has 0 aliphatic carbocycles. The monoisotopic (exact) mass is 497 g/mol. The minimum atomic E-state index is -0.662. The number of anilines is 3. The van der Waals surface area contributed by atoms with Gasteiger partial charge in [-0.2, -0.15) is 5.06 Å². The van der Waals surface area contributed by atoms with Gasteiger partial charge in [-0.25, -0.2) is 14.8 Å². The number of hydrogen-bond donors (Lipinski definition) is 3. The SMILES string of the molecule is CC(C)(C)OC(=O)N1CCC(c2ccc(Nc3nc(N4CCN(O)CC4)cnc3C(N)=O)cc2)CC1. The number of carbonyl (C=O) groups excluding carboxylic acids is 2. The van der Waals surface area contributed by atoms with Crippen LogP contribution in [0.2, 0.25) is 0 Å². The van der Waals surface area contributed by atoms with Gasteiger partial charge >= 0.3 is 6.09 Å². The summed E-state index contributed by atoms with van der Waals surface area (Å²) in [6, 6.07) is 7.99. The Hall–Kier alpha value is -3.44. The van der Waals surface area contributed by atoms with Crippen molar-refractivity contribution in [3.8, 4) is 0 Å². The summed E-state index contributed by atoms with van der Waals surface area (Å²) >= 11 is 0. The molecule has 4 N–H and O–H groups in total. The zero-order chi connectivity index (χ0) is 25.9. The molecule has 2 aliphatic heterocycles. The van der Waals surface area contributed by atoms with E-state index in [1.807, 2.05) is 37.8 Å². The third-order valence-corrected chi connectivity index (χ3v) is 6.36. The summed E-state index contributed by atoms with van der Waals surface area (Å²) in [7, 11) is 0. The Morgan fingerprint density at radius 2 is 1.69 bits per heavy atom. The van der Waals surface area contributed by atoms with E-state index in [9.17, 15) is 14.8 Å². The zero-order valence-electron chi connectivity index (χ0n) is 21.1. The lowest BCUT2D eigenvalue weighted by Gasteiger charge is -2.33. The molecule has 2 aliphatic rings.